The zero-order valence-corrected chi connectivity index (χ0v) is 11.2. The van der Waals surface area contributed by atoms with Gasteiger partial charge in [0.1, 0.15) is 0 Å². The van der Waals surface area contributed by atoms with E-state index in [4.69, 9.17) is 0 Å². The van der Waals surface area contributed by atoms with Crippen molar-refractivity contribution in [2.45, 2.75) is 39.7 Å². The Hall–Kier alpha value is -0.340. The van der Waals surface area contributed by atoms with Crippen LogP contribution in [0.1, 0.15) is 43.9 Å². The zero-order valence-electron chi connectivity index (χ0n) is 9.63. The number of aliphatic hydroxyl groups is 1. The second-order valence-corrected chi connectivity index (χ2v) is 5.07. The molecule has 2 unspecified atom stereocenters. The molecule has 0 saturated carbocycles. The number of aliphatic hydroxyl groups excluding tert-OH is 1. The van der Waals surface area contributed by atoms with E-state index in [9.17, 15) is 5.11 Å². The lowest BCUT2D eigenvalue weighted by molar-refractivity contribution is 0.146. The van der Waals surface area contributed by atoms with Crippen molar-refractivity contribution in [3.8, 4) is 0 Å². The van der Waals surface area contributed by atoms with Gasteiger partial charge in [0.2, 0.25) is 0 Å². The first-order valence-electron chi connectivity index (χ1n) is 5.49. The van der Waals surface area contributed by atoms with E-state index in [2.05, 4.69) is 29.8 Å². The fourth-order valence-corrected chi connectivity index (χ4v) is 2.04. The maximum absolute atomic E-state index is 10.1. The standard InChI is InChI=1S/C13H19BrO/c1-4-9(2)8-13(15)11-6-5-7-12(14)10(11)3/h5-7,9,13,15H,4,8H2,1-3H3. The molecule has 0 radical (unpaired) electrons. The average molecular weight is 271 g/mol. The molecule has 0 amide bonds. The summed E-state index contributed by atoms with van der Waals surface area (Å²) in [7, 11) is 0. The second-order valence-electron chi connectivity index (χ2n) is 4.22. The maximum Gasteiger partial charge on any atom is 0.0795 e. The molecule has 0 heterocycles. The van der Waals surface area contributed by atoms with Crippen molar-refractivity contribution in [3.63, 3.8) is 0 Å². The molecule has 0 aromatic heterocycles. The summed E-state index contributed by atoms with van der Waals surface area (Å²) in [5.41, 5.74) is 2.19. The number of benzene rings is 1. The monoisotopic (exact) mass is 270 g/mol. The van der Waals surface area contributed by atoms with Crippen LogP contribution in [0.25, 0.3) is 0 Å². The van der Waals surface area contributed by atoms with Gasteiger partial charge in [-0.3, -0.25) is 0 Å². The van der Waals surface area contributed by atoms with E-state index in [1.54, 1.807) is 0 Å². The number of hydrogen-bond donors (Lipinski definition) is 1. The third-order valence-corrected chi connectivity index (χ3v) is 3.85. The fourth-order valence-electron chi connectivity index (χ4n) is 1.66. The van der Waals surface area contributed by atoms with Gasteiger partial charge in [0, 0.05) is 4.47 Å². The molecule has 0 aliphatic carbocycles. The Morgan fingerprint density at radius 1 is 1.40 bits per heavy atom. The molecule has 2 atom stereocenters. The molecule has 1 aromatic rings. The van der Waals surface area contributed by atoms with Crippen molar-refractivity contribution >= 4 is 15.9 Å². The van der Waals surface area contributed by atoms with Gasteiger partial charge < -0.3 is 5.11 Å². The smallest absolute Gasteiger partial charge is 0.0795 e. The van der Waals surface area contributed by atoms with Gasteiger partial charge in [-0.05, 0) is 36.5 Å². The molecule has 0 spiro atoms. The van der Waals surface area contributed by atoms with Gasteiger partial charge in [0.25, 0.3) is 0 Å². The minimum Gasteiger partial charge on any atom is -0.388 e. The van der Waals surface area contributed by atoms with Crippen LogP contribution in [0.3, 0.4) is 0 Å². The van der Waals surface area contributed by atoms with Gasteiger partial charge in [-0.25, -0.2) is 0 Å². The molecule has 1 rings (SSSR count). The summed E-state index contributed by atoms with van der Waals surface area (Å²) in [6.07, 6.45) is 1.62. The van der Waals surface area contributed by atoms with E-state index in [1.807, 2.05) is 25.1 Å². The van der Waals surface area contributed by atoms with Crippen LogP contribution in [0.5, 0.6) is 0 Å². The van der Waals surface area contributed by atoms with Gasteiger partial charge in [-0.1, -0.05) is 48.3 Å². The highest BCUT2D eigenvalue weighted by Crippen LogP contribution is 2.28. The molecule has 0 fully saturated rings. The normalized spacial score (nSPS) is 15.0. The highest BCUT2D eigenvalue weighted by molar-refractivity contribution is 9.10. The Morgan fingerprint density at radius 2 is 2.07 bits per heavy atom. The van der Waals surface area contributed by atoms with Gasteiger partial charge in [0.05, 0.1) is 6.10 Å². The molecule has 0 aliphatic heterocycles. The lowest BCUT2D eigenvalue weighted by Crippen LogP contribution is -2.05. The average Bonchev–Trinajstić information content (AvgIpc) is 2.21. The summed E-state index contributed by atoms with van der Waals surface area (Å²) in [5, 5.41) is 10.1. The van der Waals surface area contributed by atoms with Crippen LogP contribution in [0.2, 0.25) is 0 Å². The largest absolute Gasteiger partial charge is 0.388 e. The van der Waals surface area contributed by atoms with Crippen molar-refractivity contribution in [2.75, 3.05) is 0 Å². The van der Waals surface area contributed by atoms with Gasteiger partial charge >= 0.3 is 0 Å². The zero-order chi connectivity index (χ0) is 11.4. The number of halogens is 1. The van der Waals surface area contributed by atoms with Crippen LogP contribution < -0.4 is 0 Å². The first-order chi connectivity index (χ1) is 7.06. The molecule has 1 N–H and O–H groups in total. The van der Waals surface area contributed by atoms with Crippen LogP contribution in [0, 0.1) is 12.8 Å². The number of rotatable bonds is 4. The van der Waals surface area contributed by atoms with E-state index in [0.29, 0.717) is 5.92 Å². The highest BCUT2D eigenvalue weighted by atomic mass is 79.9. The van der Waals surface area contributed by atoms with Crippen molar-refractivity contribution in [2.24, 2.45) is 5.92 Å². The fraction of sp³-hybridized carbons (Fsp3) is 0.538. The summed E-state index contributed by atoms with van der Waals surface area (Å²) in [6, 6.07) is 5.99. The Kier molecular flexibility index (Phi) is 4.81. The van der Waals surface area contributed by atoms with Crippen molar-refractivity contribution in [3.05, 3.63) is 33.8 Å². The minimum atomic E-state index is -0.336. The number of hydrogen-bond acceptors (Lipinski definition) is 1. The minimum absolute atomic E-state index is 0.336. The molecule has 0 saturated heterocycles. The highest BCUT2D eigenvalue weighted by Gasteiger charge is 2.14. The van der Waals surface area contributed by atoms with E-state index < -0.39 is 0 Å². The van der Waals surface area contributed by atoms with E-state index in [1.165, 1.54) is 0 Å². The molecule has 84 valence electrons. The third kappa shape index (κ3) is 3.32. The lowest BCUT2D eigenvalue weighted by atomic mass is 9.94. The third-order valence-electron chi connectivity index (χ3n) is 2.99. The summed E-state index contributed by atoms with van der Waals surface area (Å²) >= 11 is 3.49. The maximum atomic E-state index is 10.1. The van der Waals surface area contributed by atoms with Crippen LogP contribution in [0.4, 0.5) is 0 Å². The Bertz CT molecular complexity index is 322. The molecule has 2 heteroatoms. The van der Waals surface area contributed by atoms with Crippen LogP contribution in [0.15, 0.2) is 22.7 Å². The van der Waals surface area contributed by atoms with Crippen LogP contribution >= 0.6 is 15.9 Å². The van der Waals surface area contributed by atoms with E-state index >= 15 is 0 Å². The molecular formula is C13H19BrO. The summed E-state index contributed by atoms with van der Waals surface area (Å²) < 4.78 is 1.07. The summed E-state index contributed by atoms with van der Waals surface area (Å²) in [4.78, 5) is 0. The first-order valence-corrected chi connectivity index (χ1v) is 6.28. The summed E-state index contributed by atoms with van der Waals surface area (Å²) in [6.45, 7) is 6.38. The van der Waals surface area contributed by atoms with Crippen molar-refractivity contribution < 1.29 is 5.11 Å². The van der Waals surface area contributed by atoms with Crippen LogP contribution in [-0.2, 0) is 0 Å². The molecule has 15 heavy (non-hydrogen) atoms. The Balaban J connectivity index is 2.82. The summed E-state index contributed by atoms with van der Waals surface area (Å²) in [5.74, 6) is 0.568. The predicted molar refractivity (Wildman–Crippen MR) is 67.9 cm³/mol. The van der Waals surface area contributed by atoms with Crippen molar-refractivity contribution in [1.29, 1.82) is 0 Å². The SMILES string of the molecule is CCC(C)CC(O)c1cccc(Br)c1C. The predicted octanol–water partition coefficient (Wildman–Crippen LogP) is 4.23. The van der Waals surface area contributed by atoms with Gasteiger partial charge in [-0.2, -0.15) is 0 Å². The first kappa shape index (κ1) is 12.7. The quantitative estimate of drug-likeness (QED) is 0.869. The molecule has 0 bridgehead atoms. The van der Waals surface area contributed by atoms with Crippen molar-refractivity contribution in [1.82, 2.24) is 0 Å². The Labute approximate surface area is 101 Å². The van der Waals surface area contributed by atoms with Crippen LogP contribution in [-0.4, -0.2) is 5.11 Å². The molecule has 0 aliphatic rings. The topological polar surface area (TPSA) is 20.2 Å². The lowest BCUT2D eigenvalue weighted by Gasteiger charge is -2.17. The molecule has 1 aromatic carbocycles. The molecular weight excluding hydrogens is 252 g/mol. The second kappa shape index (κ2) is 5.66. The van der Waals surface area contributed by atoms with E-state index in [-0.39, 0.29) is 6.10 Å². The molecule has 1 nitrogen and oxygen atoms in total. The van der Waals surface area contributed by atoms with Gasteiger partial charge in [-0.15, -0.1) is 0 Å². The Morgan fingerprint density at radius 3 is 2.67 bits per heavy atom. The van der Waals surface area contributed by atoms with E-state index in [0.717, 1.165) is 28.4 Å². The van der Waals surface area contributed by atoms with Gasteiger partial charge in [0.15, 0.2) is 0 Å².